The minimum absolute atomic E-state index is 0.0539. The quantitative estimate of drug-likeness (QED) is 0.0278. The fourth-order valence-corrected chi connectivity index (χ4v) is 13.2. The molecule has 1 aliphatic carbocycles. The minimum Gasteiger partial charge on any atom is -0.490 e. The van der Waals surface area contributed by atoms with E-state index in [0.717, 1.165) is 54.5 Å². The minimum atomic E-state index is -1.06. The summed E-state index contributed by atoms with van der Waals surface area (Å²) in [6.45, 7) is 15.8. The second-order valence-electron chi connectivity index (χ2n) is 24.2. The Morgan fingerprint density at radius 2 is 1.44 bits per heavy atom. The molecule has 0 bridgehead atoms. The Bertz CT molecular complexity index is 3420. The molecule has 4 aliphatic rings. The predicted molar refractivity (Wildman–Crippen MR) is 343 cm³/mol. The molecule has 5 aromatic carbocycles. The SMILES string of the molecule is Cc1nc([C@H](C)NC(=O)c2ccc(-c3ccc(N)cc3)cc2)cc(N2[C@H](C(=O)NCCOCCOCCOCCOCCOCCN3CCOc4ccc([C@H]5[C@H](C(=O)O)c6ccccc6C(=O)N5c5ccc(C(C)(C)C)c(Cl)c5)cc43)C[C@@H]3CCCC[C@@H]32)n1. The molecule has 10 rings (SSSR count). The Morgan fingerprint density at radius 3 is 2.11 bits per heavy atom. The average molecular weight is 1240 g/mol. The van der Waals surface area contributed by atoms with Crippen LogP contribution >= 0.6 is 11.6 Å². The van der Waals surface area contributed by atoms with E-state index in [1.54, 1.807) is 35.2 Å². The number of rotatable bonds is 27. The van der Waals surface area contributed by atoms with Gasteiger partial charge in [0.25, 0.3) is 11.8 Å². The monoisotopic (exact) mass is 1230 g/mol. The molecular weight excluding hydrogens is 1150 g/mol. The van der Waals surface area contributed by atoms with E-state index < -0.39 is 24.0 Å². The zero-order chi connectivity index (χ0) is 62.6. The maximum absolute atomic E-state index is 14.5. The molecule has 19 nitrogen and oxygen atoms in total. The Labute approximate surface area is 526 Å². The fraction of sp³-hybridized carbons (Fsp3) is 0.449. The summed E-state index contributed by atoms with van der Waals surface area (Å²) in [7, 11) is 0. The van der Waals surface area contributed by atoms with Gasteiger partial charge in [-0.25, -0.2) is 9.97 Å². The zero-order valence-corrected chi connectivity index (χ0v) is 52.3. The van der Waals surface area contributed by atoms with Crippen molar-refractivity contribution in [2.24, 2.45) is 5.92 Å². The van der Waals surface area contributed by atoms with Crippen LogP contribution in [-0.4, -0.2) is 143 Å². The van der Waals surface area contributed by atoms with E-state index >= 15 is 0 Å². The summed E-state index contributed by atoms with van der Waals surface area (Å²) in [5, 5.41) is 17.6. The molecular formula is C69H83ClN8O11. The average Bonchev–Trinajstić information content (AvgIpc) is 1.12. The summed E-state index contributed by atoms with van der Waals surface area (Å²) in [4.78, 5) is 70.6. The van der Waals surface area contributed by atoms with Gasteiger partial charge in [0.1, 0.15) is 36.0 Å². The Morgan fingerprint density at radius 1 is 0.787 bits per heavy atom. The number of ether oxygens (including phenoxy) is 6. The number of carboxylic acids is 1. The number of aryl methyl sites for hydroxylation is 1. The van der Waals surface area contributed by atoms with Crippen LogP contribution in [0.2, 0.25) is 5.02 Å². The third-order valence-electron chi connectivity index (χ3n) is 17.1. The number of amides is 3. The van der Waals surface area contributed by atoms with Gasteiger partial charge in [0.15, 0.2) is 0 Å². The second kappa shape index (κ2) is 29.8. The van der Waals surface area contributed by atoms with Gasteiger partial charge in [-0.3, -0.25) is 24.1 Å². The first-order chi connectivity index (χ1) is 43.0. The number of aromatic nitrogens is 2. The van der Waals surface area contributed by atoms with Crippen molar-refractivity contribution in [2.45, 2.75) is 102 Å². The number of hydrogen-bond donors (Lipinski definition) is 4. The smallest absolute Gasteiger partial charge is 0.313 e. The van der Waals surface area contributed by atoms with E-state index in [0.29, 0.717) is 160 Å². The van der Waals surface area contributed by atoms with Crippen molar-refractivity contribution < 1.29 is 52.7 Å². The molecule has 20 heteroatoms. The first-order valence-corrected chi connectivity index (χ1v) is 31.5. The molecule has 4 heterocycles. The molecule has 3 amide bonds. The van der Waals surface area contributed by atoms with Crippen LogP contribution in [0.4, 0.5) is 22.9 Å². The lowest BCUT2D eigenvalue weighted by molar-refractivity contribution is -0.139. The molecule has 6 aromatic rings. The third-order valence-corrected chi connectivity index (χ3v) is 17.5. The molecule has 3 aliphatic heterocycles. The lowest BCUT2D eigenvalue weighted by Gasteiger charge is -2.41. The van der Waals surface area contributed by atoms with Gasteiger partial charge < -0.3 is 59.7 Å². The van der Waals surface area contributed by atoms with Gasteiger partial charge in [-0.1, -0.05) is 99.8 Å². The van der Waals surface area contributed by atoms with Gasteiger partial charge in [0.2, 0.25) is 5.91 Å². The van der Waals surface area contributed by atoms with Gasteiger partial charge in [-0.2, -0.15) is 0 Å². The van der Waals surface area contributed by atoms with E-state index in [2.05, 4.69) is 41.2 Å². The van der Waals surface area contributed by atoms with Crippen molar-refractivity contribution in [3.63, 3.8) is 0 Å². The van der Waals surface area contributed by atoms with Crippen molar-refractivity contribution in [1.29, 1.82) is 0 Å². The Kier molecular flexibility index (Phi) is 21.5. The number of hydrogen-bond acceptors (Lipinski definition) is 15. The summed E-state index contributed by atoms with van der Waals surface area (Å²) in [5.74, 6) is -0.337. The van der Waals surface area contributed by atoms with Gasteiger partial charge in [-0.15, -0.1) is 0 Å². The lowest BCUT2D eigenvalue weighted by Crippen LogP contribution is -2.48. The number of carbonyl (C=O) groups is 4. The van der Waals surface area contributed by atoms with Crippen molar-refractivity contribution in [2.75, 3.05) is 113 Å². The molecule has 0 radical (unpaired) electrons. The standard InChI is InChI=1S/C69H83ClN8O11/c1-44(73-65(79)48-16-14-46(15-17-48)47-18-21-51(71)22-19-47)57-43-62(75-45(2)74-57)78-58-13-9-6-10-49(58)40-60(78)66(80)72-26-29-84-32-34-86-36-38-88-39-37-87-35-33-85-30-27-76-28-31-89-61-25-20-50(41-59(61)76)64-63(68(82)83)53-11-7-8-12-54(53)67(81)77(64)52-23-24-55(56(70)42-52)69(3,4)5/h7-8,11-12,14-25,41-44,49,58,60,63-64H,6,9-10,13,26-40,71H2,1-5H3,(H,72,80)(H,73,79)(H,82,83)/t44-,49-,58-,60-,63+,64-/m0/s1. The molecule has 2 fully saturated rings. The van der Waals surface area contributed by atoms with Gasteiger partial charge in [0, 0.05) is 52.7 Å². The number of aliphatic carboxylic acids is 1. The van der Waals surface area contributed by atoms with Crippen LogP contribution in [0.15, 0.2) is 115 Å². The van der Waals surface area contributed by atoms with E-state index in [4.69, 9.17) is 55.7 Å². The number of anilines is 4. The lowest BCUT2D eigenvalue weighted by atomic mass is 9.79. The molecule has 89 heavy (non-hydrogen) atoms. The maximum atomic E-state index is 14.5. The number of nitrogen functional groups attached to an aromatic ring is 1. The Hall–Kier alpha value is -7.65. The number of fused-ring (bicyclic) bond motifs is 3. The van der Waals surface area contributed by atoms with Crippen molar-refractivity contribution in [3.05, 3.63) is 160 Å². The molecule has 472 valence electrons. The van der Waals surface area contributed by atoms with Crippen LogP contribution in [0.25, 0.3) is 11.1 Å². The number of halogens is 1. The number of benzene rings is 5. The van der Waals surface area contributed by atoms with E-state index in [-0.39, 0.29) is 35.2 Å². The van der Waals surface area contributed by atoms with E-state index in [9.17, 15) is 24.3 Å². The van der Waals surface area contributed by atoms with Gasteiger partial charge in [-0.05, 0) is 127 Å². The second-order valence-corrected chi connectivity index (χ2v) is 24.6. The number of carbonyl (C=O) groups excluding carboxylic acids is 3. The number of carboxylic acid groups (broad SMARTS) is 1. The molecule has 5 N–H and O–H groups in total. The number of nitrogens with zero attached hydrogens (tertiary/aromatic N) is 5. The zero-order valence-electron chi connectivity index (χ0n) is 51.6. The summed E-state index contributed by atoms with van der Waals surface area (Å²) >= 11 is 6.87. The highest BCUT2D eigenvalue weighted by molar-refractivity contribution is 6.32. The molecule has 1 saturated carbocycles. The highest BCUT2D eigenvalue weighted by atomic mass is 35.5. The van der Waals surface area contributed by atoms with Crippen LogP contribution < -0.4 is 35.8 Å². The largest absolute Gasteiger partial charge is 0.490 e. The number of nitrogens with two attached hydrogens (primary N) is 1. The molecule has 6 atom stereocenters. The van der Waals surface area contributed by atoms with Crippen LogP contribution in [0.5, 0.6) is 5.75 Å². The topological polar surface area (TPSA) is 229 Å². The predicted octanol–water partition coefficient (Wildman–Crippen LogP) is 10.3. The number of nitrogens with one attached hydrogen (secondary N) is 2. The van der Waals surface area contributed by atoms with Crippen LogP contribution in [0.1, 0.15) is 127 Å². The van der Waals surface area contributed by atoms with E-state index in [1.165, 1.54) is 0 Å². The first-order valence-electron chi connectivity index (χ1n) is 31.1. The summed E-state index contributed by atoms with van der Waals surface area (Å²) in [5.41, 5.74) is 13.2. The first kappa shape index (κ1) is 64.3. The normalized spacial score (nSPS) is 19.2. The third kappa shape index (κ3) is 15.7. The van der Waals surface area contributed by atoms with E-state index in [1.807, 2.05) is 98.8 Å². The summed E-state index contributed by atoms with van der Waals surface area (Å²) in [6, 6.07) is 33.6. The van der Waals surface area contributed by atoms with Gasteiger partial charge in [0.05, 0.1) is 96.1 Å². The van der Waals surface area contributed by atoms with Crippen molar-refractivity contribution in [3.8, 4) is 16.9 Å². The summed E-state index contributed by atoms with van der Waals surface area (Å²) < 4.78 is 35.0. The molecule has 1 aromatic heterocycles. The van der Waals surface area contributed by atoms with Crippen molar-refractivity contribution in [1.82, 2.24) is 20.6 Å². The molecule has 0 unspecified atom stereocenters. The van der Waals surface area contributed by atoms with Crippen LogP contribution in [-0.2, 0) is 38.7 Å². The summed E-state index contributed by atoms with van der Waals surface area (Å²) in [6.07, 6.45) is 5.04. The van der Waals surface area contributed by atoms with Gasteiger partial charge >= 0.3 is 5.97 Å². The van der Waals surface area contributed by atoms with Crippen LogP contribution in [0, 0.1) is 12.8 Å². The highest BCUT2D eigenvalue weighted by Gasteiger charge is 2.47. The Balaban J connectivity index is 0.606. The van der Waals surface area contributed by atoms with Crippen molar-refractivity contribution >= 4 is 58.2 Å². The maximum Gasteiger partial charge on any atom is 0.313 e. The molecule has 1 saturated heterocycles. The fourth-order valence-electron chi connectivity index (χ4n) is 12.7. The molecule has 0 spiro atoms. The van der Waals surface area contributed by atoms with Crippen LogP contribution in [0.3, 0.4) is 0 Å². The highest BCUT2D eigenvalue weighted by Crippen LogP contribution is 2.48.